The first-order valence-electron chi connectivity index (χ1n) is 8.38. The van der Waals surface area contributed by atoms with Crippen LogP contribution in [0.15, 0.2) is 42.5 Å². The molecule has 2 unspecified atom stereocenters. The van der Waals surface area contributed by atoms with Crippen LogP contribution in [0.3, 0.4) is 0 Å². The number of benzene rings is 2. The molecule has 0 saturated carbocycles. The van der Waals surface area contributed by atoms with Crippen LogP contribution in [-0.2, 0) is 15.8 Å². The SMILES string of the molecule is O=C1NCCC(c2cccc(C(F)(F)F)c2)C1C(=O)Nc1cccc(F)c1F. The lowest BCUT2D eigenvalue weighted by molar-refractivity contribution is -0.137. The van der Waals surface area contributed by atoms with Crippen molar-refractivity contribution in [2.75, 3.05) is 11.9 Å². The zero-order valence-corrected chi connectivity index (χ0v) is 14.3. The van der Waals surface area contributed by atoms with Gasteiger partial charge in [0.2, 0.25) is 11.8 Å². The highest BCUT2D eigenvalue weighted by atomic mass is 19.4. The van der Waals surface area contributed by atoms with Crippen LogP contribution in [0.2, 0.25) is 0 Å². The highest BCUT2D eigenvalue weighted by Gasteiger charge is 2.40. The summed E-state index contributed by atoms with van der Waals surface area (Å²) in [4.78, 5) is 24.9. The van der Waals surface area contributed by atoms with E-state index in [1.165, 1.54) is 18.2 Å². The summed E-state index contributed by atoms with van der Waals surface area (Å²) in [5.41, 5.74) is -1.18. The Labute approximate surface area is 156 Å². The highest BCUT2D eigenvalue weighted by molar-refractivity contribution is 6.07. The number of piperidine rings is 1. The van der Waals surface area contributed by atoms with Crippen LogP contribution in [0.5, 0.6) is 0 Å². The average Bonchev–Trinajstić information content (AvgIpc) is 2.64. The summed E-state index contributed by atoms with van der Waals surface area (Å²) in [5.74, 6) is -6.32. The molecule has 0 bridgehead atoms. The number of carbonyl (C=O) groups is 2. The fourth-order valence-electron chi connectivity index (χ4n) is 3.23. The second-order valence-electron chi connectivity index (χ2n) is 6.38. The van der Waals surface area contributed by atoms with Gasteiger partial charge in [-0.1, -0.05) is 24.3 Å². The lowest BCUT2D eigenvalue weighted by atomic mass is 9.79. The van der Waals surface area contributed by atoms with Crippen molar-refractivity contribution in [3.8, 4) is 0 Å². The van der Waals surface area contributed by atoms with Crippen molar-refractivity contribution in [3.05, 3.63) is 65.2 Å². The second-order valence-corrected chi connectivity index (χ2v) is 6.38. The zero-order chi connectivity index (χ0) is 20.5. The Hall–Kier alpha value is -2.97. The molecule has 0 spiro atoms. The van der Waals surface area contributed by atoms with Gasteiger partial charge in [-0.15, -0.1) is 0 Å². The van der Waals surface area contributed by atoms with Gasteiger partial charge in [0.1, 0.15) is 5.92 Å². The van der Waals surface area contributed by atoms with E-state index >= 15 is 0 Å². The molecule has 1 heterocycles. The molecule has 2 N–H and O–H groups in total. The summed E-state index contributed by atoms with van der Waals surface area (Å²) in [6.07, 6.45) is -4.36. The average molecular weight is 398 g/mol. The predicted molar refractivity (Wildman–Crippen MR) is 90.3 cm³/mol. The van der Waals surface area contributed by atoms with Crippen molar-refractivity contribution in [2.45, 2.75) is 18.5 Å². The van der Waals surface area contributed by atoms with Gasteiger partial charge in [-0.2, -0.15) is 13.2 Å². The van der Waals surface area contributed by atoms with Crippen LogP contribution in [0.1, 0.15) is 23.5 Å². The van der Waals surface area contributed by atoms with Gasteiger partial charge in [-0.05, 0) is 30.2 Å². The Morgan fingerprint density at radius 1 is 1.11 bits per heavy atom. The van der Waals surface area contributed by atoms with E-state index in [4.69, 9.17) is 0 Å². The minimum absolute atomic E-state index is 0.171. The minimum atomic E-state index is -4.57. The van der Waals surface area contributed by atoms with Gasteiger partial charge >= 0.3 is 6.18 Å². The molecule has 2 atom stereocenters. The minimum Gasteiger partial charge on any atom is -0.355 e. The number of carbonyl (C=O) groups excluding carboxylic acids is 2. The van der Waals surface area contributed by atoms with Crippen LogP contribution >= 0.6 is 0 Å². The quantitative estimate of drug-likeness (QED) is 0.610. The Kier molecular flexibility index (Phi) is 5.35. The molecule has 0 aromatic heterocycles. The molecule has 0 radical (unpaired) electrons. The molecule has 0 aliphatic carbocycles. The van der Waals surface area contributed by atoms with Crippen molar-refractivity contribution < 1.29 is 31.5 Å². The van der Waals surface area contributed by atoms with Gasteiger partial charge in [0, 0.05) is 12.5 Å². The Bertz CT molecular complexity index is 913. The molecule has 2 amide bonds. The van der Waals surface area contributed by atoms with E-state index in [0.717, 1.165) is 24.3 Å². The fourth-order valence-corrected chi connectivity index (χ4v) is 3.23. The van der Waals surface area contributed by atoms with Crippen molar-refractivity contribution >= 4 is 17.5 Å². The third-order valence-corrected chi connectivity index (χ3v) is 4.57. The summed E-state index contributed by atoms with van der Waals surface area (Å²) in [6.45, 7) is 0.178. The van der Waals surface area contributed by atoms with Crippen molar-refractivity contribution in [3.63, 3.8) is 0 Å². The zero-order valence-electron chi connectivity index (χ0n) is 14.3. The van der Waals surface area contributed by atoms with Crippen molar-refractivity contribution in [2.24, 2.45) is 5.92 Å². The maximum Gasteiger partial charge on any atom is 0.416 e. The molecule has 3 rings (SSSR count). The number of alkyl halides is 3. The summed E-state index contributed by atoms with van der Waals surface area (Å²) >= 11 is 0. The number of nitrogens with one attached hydrogen (secondary N) is 2. The van der Waals surface area contributed by atoms with Crippen LogP contribution < -0.4 is 10.6 Å². The lowest BCUT2D eigenvalue weighted by Gasteiger charge is -2.31. The summed E-state index contributed by atoms with van der Waals surface area (Å²) < 4.78 is 66.2. The van der Waals surface area contributed by atoms with Gasteiger partial charge in [-0.3, -0.25) is 9.59 Å². The third-order valence-electron chi connectivity index (χ3n) is 4.57. The molecular formula is C19H15F5N2O2. The molecule has 1 aliphatic heterocycles. The first kappa shape index (κ1) is 19.8. The molecule has 9 heteroatoms. The lowest BCUT2D eigenvalue weighted by Crippen LogP contribution is -2.46. The van der Waals surface area contributed by atoms with Crippen molar-refractivity contribution in [1.82, 2.24) is 5.32 Å². The third kappa shape index (κ3) is 3.97. The molecular weight excluding hydrogens is 383 g/mol. The van der Waals surface area contributed by atoms with E-state index in [-0.39, 0.29) is 18.5 Å². The molecule has 1 aliphatic rings. The molecule has 2 aromatic carbocycles. The molecule has 1 fully saturated rings. The first-order valence-corrected chi connectivity index (χ1v) is 8.38. The summed E-state index contributed by atoms with van der Waals surface area (Å²) in [7, 11) is 0. The Morgan fingerprint density at radius 3 is 2.54 bits per heavy atom. The number of rotatable bonds is 3. The monoisotopic (exact) mass is 398 g/mol. The van der Waals surface area contributed by atoms with E-state index in [0.29, 0.717) is 0 Å². The van der Waals surface area contributed by atoms with Gasteiger partial charge in [0.25, 0.3) is 0 Å². The molecule has 148 valence electrons. The number of halogens is 5. The highest BCUT2D eigenvalue weighted by Crippen LogP contribution is 2.36. The Morgan fingerprint density at radius 2 is 1.82 bits per heavy atom. The van der Waals surface area contributed by atoms with E-state index in [1.54, 1.807) is 0 Å². The Balaban J connectivity index is 1.92. The fraction of sp³-hybridized carbons (Fsp3) is 0.263. The van der Waals surface area contributed by atoms with Crippen LogP contribution in [0.25, 0.3) is 0 Å². The molecule has 1 saturated heterocycles. The first-order chi connectivity index (χ1) is 13.2. The smallest absolute Gasteiger partial charge is 0.355 e. The second kappa shape index (κ2) is 7.57. The van der Waals surface area contributed by atoms with Gasteiger partial charge in [0.15, 0.2) is 11.6 Å². The maximum atomic E-state index is 13.8. The number of hydrogen-bond donors (Lipinski definition) is 2. The van der Waals surface area contributed by atoms with E-state index in [9.17, 15) is 31.5 Å². The number of amides is 2. The topological polar surface area (TPSA) is 58.2 Å². The predicted octanol–water partition coefficient (Wildman–Crippen LogP) is 3.84. The molecule has 2 aromatic rings. The molecule has 4 nitrogen and oxygen atoms in total. The van der Waals surface area contributed by atoms with Crippen molar-refractivity contribution in [1.29, 1.82) is 0 Å². The largest absolute Gasteiger partial charge is 0.416 e. The summed E-state index contributed by atoms with van der Waals surface area (Å²) in [5, 5.41) is 4.64. The maximum absolute atomic E-state index is 13.8. The van der Waals surface area contributed by atoms with Gasteiger partial charge in [0.05, 0.1) is 11.3 Å². The van der Waals surface area contributed by atoms with Crippen LogP contribution in [0.4, 0.5) is 27.6 Å². The van der Waals surface area contributed by atoms with Gasteiger partial charge in [-0.25, -0.2) is 8.78 Å². The standard InChI is InChI=1S/C19H15F5N2O2/c20-13-5-2-6-14(16(13)21)26-18(28)15-12(7-8-25-17(15)27)10-3-1-4-11(9-10)19(22,23)24/h1-6,9,12,15H,7-8H2,(H,25,27)(H,26,28). The number of hydrogen-bond acceptors (Lipinski definition) is 2. The van der Waals surface area contributed by atoms with E-state index in [1.807, 2.05) is 0 Å². The van der Waals surface area contributed by atoms with Gasteiger partial charge < -0.3 is 10.6 Å². The molecule has 28 heavy (non-hydrogen) atoms. The number of anilines is 1. The van der Waals surface area contributed by atoms with E-state index in [2.05, 4.69) is 10.6 Å². The normalized spacial score (nSPS) is 19.8. The van der Waals surface area contributed by atoms with Crippen LogP contribution in [-0.4, -0.2) is 18.4 Å². The summed E-state index contributed by atoms with van der Waals surface area (Å²) in [6, 6.07) is 7.56. The van der Waals surface area contributed by atoms with E-state index < -0.39 is 52.7 Å². The van der Waals surface area contributed by atoms with Crippen LogP contribution in [0, 0.1) is 17.6 Å².